The zero-order chi connectivity index (χ0) is 11.8. The second kappa shape index (κ2) is 8.08. The Bertz CT molecular complexity index is 170. The first-order chi connectivity index (χ1) is 7.80. The number of nitrogens with zero attached hydrogens (tertiary/aromatic N) is 1. The summed E-state index contributed by atoms with van der Waals surface area (Å²) in [5.41, 5.74) is 0. The minimum Gasteiger partial charge on any atom is -0.316 e. The Labute approximate surface area is 102 Å². The third-order valence-electron chi connectivity index (χ3n) is 4.04. The van der Waals surface area contributed by atoms with Crippen LogP contribution >= 0.6 is 0 Å². The zero-order valence-electron chi connectivity index (χ0n) is 11.5. The van der Waals surface area contributed by atoms with E-state index >= 15 is 0 Å². The number of likely N-dealkylation sites (N-methyl/N-ethyl adjacent to an activating group) is 1. The van der Waals surface area contributed by atoms with Gasteiger partial charge in [-0.3, -0.25) is 0 Å². The summed E-state index contributed by atoms with van der Waals surface area (Å²) in [7, 11) is 2.10. The van der Waals surface area contributed by atoms with Crippen LogP contribution in [0, 0.1) is 5.92 Å². The number of hydrogen-bond donors (Lipinski definition) is 1. The van der Waals surface area contributed by atoms with Gasteiger partial charge in [-0.15, -0.1) is 0 Å². The maximum absolute atomic E-state index is 3.45. The second-order valence-corrected chi connectivity index (χ2v) is 5.28. The van der Waals surface area contributed by atoms with Crippen molar-refractivity contribution in [2.75, 3.05) is 26.7 Å². The van der Waals surface area contributed by atoms with E-state index in [9.17, 15) is 0 Å². The van der Waals surface area contributed by atoms with Crippen molar-refractivity contribution in [1.29, 1.82) is 0 Å². The Hall–Kier alpha value is -0.0800. The molecule has 0 radical (unpaired) electrons. The lowest BCUT2D eigenvalue weighted by molar-refractivity contribution is 0.245. The molecule has 2 nitrogen and oxygen atoms in total. The molecule has 1 N–H and O–H groups in total. The lowest BCUT2D eigenvalue weighted by Gasteiger charge is -2.26. The molecule has 0 aromatic rings. The first kappa shape index (κ1) is 14.0. The molecule has 0 amide bonds. The SMILES string of the molecule is CCCC(CN1CCCC(CC)CC1)NC. The monoisotopic (exact) mass is 226 g/mol. The van der Waals surface area contributed by atoms with E-state index in [1.807, 2.05) is 0 Å². The van der Waals surface area contributed by atoms with E-state index in [4.69, 9.17) is 0 Å². The van der Waals surface area contributed by atoms with Crippen molar-refractivity contribution in [1.82, 2.24) is 10.2 Å². The van der Waals surface area contributed by atoms with Gasteiger partial charge in [0.15, 0.2) is 0 Å². The van der Waals surface area contributed by atoms with Gasteiger partial charge in [0.1, 0.15) is 0 Å². The van der Waals surface area contributed by atoms with Gasteiger partial charge in [0.05, 0.1) is 0 Å². The van der Waals surface area contributed by atoms with Crippen molar-refractivity contribution in [3.8, 4) is 0 Å². The van der Waals surface area contributed by atoms with E-state index in [0.717, 1.165) is 5.92 Å². The van der Waals surface area contributed by atoms with Gasteiger partial charge in [0.25, 0.3) is 0 Å². The van der Waals surface area contributed by atoms with Gasteiger partial charge in [-0.25, -0.2) is 0 Å². The van der Waals surface area contributed by atoms with Crippen LogP contribution in [0.25, 0.3) is 0 Å². The van der Waals surface area contributed by atoms with Crippen LogP contribution < -0.4 is 5.32 Å². The molecule has 0 aromatic heterocycles. The predicted octanol–water partition coefficient (Wildman–Crippen LogP) is 2.89. The molecule has 2 heteroatoms. The van der Waals surface area contributed by atoms with Crippen LogP contribution in [0.2, 0.25) is 0 Å². The molecule has 0 spiro atoms. The average molecular weight is 226 g/mol. The molecule has 1 aliphatic heterocycles. The summed E-state index contributed by atoms with van der Waals surface area (Å²) in [5, 5.41) is 3.45. The fourth-order valence-corrected chi connectivity index (χ4v) is 2.80. The van der Waals surface area contributed by atoms with Crippen LogP contribution in [-0.4, -0.2) is 37.6 Å². The number of nitrogens with one attached hydrogen (secondary N) is 1. The van der Waals surface area contributed by atoms with Gasteiger partial charge in [-0.2, -0.15) is 0 Å². The zero-order valence-corrected chi connectivity index (χ0v) is 11.5. The van der Waals surface area contributed by atoms with Gasteiger partial charge in [-0.1, -0.05) is 26.7 Å². The molecule has 0 aliphatic carbocycles. The number of rotatable bonds is 6. The number of hydrogen-bond acceptors (Lipinski definition) is 2. The summed E-state index contributed by atoms with van der Waals surface area (Å²) in [6.07, 6.45) is 8.24. The quantitative estimate of drug-likeness (QED) is 0.749. The highest BCUT2D eigenvalue weighted by Crippen LogP contribution is 2.20. The minimum atomic E-state index is 0.697. The summed E-state index contributed by atoms with van der Waals surface area (Å²) < 4.78 is 0. The van der Waals surface area contributed by atoms with Gasteiger partial charge in [-0.05, 0) is 51.7 Å². The molecular weight excluding hydrogens is 196 g/mol. The second-order valence-electron chi connectivity index (χ2n) is 5.28. The van der Waals surface area contributed by atoms with Crippen LogP contribution in [-0.2, 0) is 0 Å². The van der Waals surface area contributed by atoms with Crippen molar-refractivity contribution in [2.24, 2.45) is 5.92 Å². The van der Waals surface area contributed by atoms with Crippen LogP contribution in [0.15, 0.2) is 0 Å². The topological polar surface area (TPSA) is 15.3 Å². The summed E-state index contributed by atoms with van der Waals surface area (Å²) in [6, 6.07) is 0.697. The lowest BCUT2D eigenvalue weighted by Crippen LogP contribution is -2.39. The Morgan fingerprint density at radius 3 is 2.69 bits per heavy atom. The molecule has 2 atom stereocenters. The molecule has 1 rings (SSSR count). The predicted molar refractivity (Wildman–Crippen MR) is 71.8 cm³/mol. The van der Waals surface area contributed by atoms with E-state index in [0.29, 0.717) is 6.04 Å². The molecule has 1 saturated heterocycles. The molecule has 96 valence electrons. The molecular formula is C14H30N2. The van der Waals surface area contributed by atoms with Crippen LogP contribution in [0.1, 0.15) is 52.4 Å². The Balaban J connectivity index is 2.30. The van der Waals surface area contributed by atoms with E-state index in [-0.39, 0.29) is 0 Å². The van der Waals surface area contributed by atoms with Gasteiger partial charge >= 0.3 is 0 Å². The van der Waals surface area contributed by atoms with Crippen molar-refractivity contribution in [3.05, 3.63) is 0 Å². The Kier molecular flexibility index (Phi) is 7.06. The summed E-state index contributed by atoms with van der Waals surface area (Å²) >= 11 is 0. The van der Waals surface area contributed by atoms with Gasteiger partial charge in [0, 0.05) is 12.6 Å². The Morgan fingerprint density at radius 1 is 1.25 bits per heavy atom. The van der Waals surface area contributed by atoms with Crippen LogP contribution in [0.4, 0.5) is 0 Å². The summed E-state index contributed by atoms with van der Waals surface area (Å²) in [6.45, 7) is 8.51. The smallest absolute Gasteiger partial charge is 0.0191 e. The largest absolute Gasteiger partial charge is 0.316 e. The van der Waals surface area contributed by atoms with Crippen molar-refractivity contribution in [3.63, 3.8) is 0 Å². The highest BCUT2D eigenvalue weighted by Gasteiger charge is 2.17. The summed E-state index contributed by atoms with van der Waals surface area (Å²) in [5.74, 6) is 0.990. The average Bonchev–Trinajstić information content (AvgIpc) is 2.53. The highest BCUT2D eigenvalue weighted by atomic mass is 15.1. The van der Waals surface area contributed by atoms with Crippen molar-refractivity contribution < 1.29 is 0 Å². The molecule has 16 heavy (non-hydrogen) atoms. The maximum Gasteiger partial charge on any atom is 0.0191 e. The fourth-order valence-electron chi connectivity index (χ4n) is 2.80. The van der Waals surface area contributed by atoms with Crippen molar-refractivity contribution in [2.45, 2.75) is 58.4 Å². The first-order valence-corrected chi connectivity index (χ1v) is 7.19. The summed E-state index contributed by atoms with van der Waals surface area (Å²) in [4.78, 5) is 2.67. The van der Waals surface area contributed by atoms with Gasteiger partial charge < -0.3 is 10.2 Å². The van der Waals surface area contributed by atoms with E-state index in [2.05, 4.69) is 31.1 Å². The molecule has 0 aromatic carbocycles. The van der Waals surface area contributed by atoms with E-state index in [1.165, 1.54) is 58.2 Å². The fraction of sp³-hybridized carbons (Fsp3) is 1.00. The molecule has 1 aliphatic rings. The molecule has 0 bridgehead atoms. The number of likely N-dealkylation sites (tertiary alicyclic amines) is 1. The molecule has 2 unspecified atom stereocenters. The van der Waals surface area contributed by atoms with E-state index in [1.54, 1.807) is 0 Å². The third kappa shape index (κ3) is 4.84. The van der Waals surface area contributed by atoms with Crippen molar-refractivity contribution >= 4 is 0 Å². The normalized spacial score (nSPS) is 25.3. The third-order valence-corrected chi connectivity index (χ3v) is 4.04. The maximum atomic E-state index is 3.45. The highest BCUT2D eigenvalue weighted by molar-refractivity contribution is 4.74. The van der Waals surface area contributed by atoms with Crippen LogP contribution in [0.5, 0.6) is 0 Å². The van der Waals surface area contributed by atoms with Gasteiger partial charge in [0.2, 0.25) is 0 Å². The minimum absolute atomic E-state index is 0.697. The van der Waals surface area contributed by atoms with E-state index < -0.39 is 0 Å². The lowest BCUT2D eigenvalue weighted by atomic mass is 9.98. The Morgan fingerprint density at radius 2 is 2.06 bits per heavy atom. The molecule has 0 saturated carbocycles. The molecule has 1 fully saturated rings. The first-order valence-electron chi connectivity index (χ1n) is 7.19. The molecule has 1 heterocycles. The van der Waals surface area contributed by atoms with Crippen LogP contribution in [0.3, 0.4) is 0 Å². The standard InChI is InChI=1S/C14H30N2/c1-4-7-14(15-3)12-16-10-6-8-13(5-2)9-11-16/h13-15H,4-12H2,1-3H3.